The van der Waals surface area contributed by atoms with Crippen molar-refractivity contribution >= 4 is 34.7 Å². The van der Waals surface area contributed by atoms with Crippen LogP contribution < -0.4 is 21.4 Å². The Morgan fingerprint density at radius 2 is 1.72 bits per heavy atom. The highest BCUT2D eigenvalue weighted by molar-refractivity contribution is 5.90. The molecular weight excluding hydrogens is 492 g/mol. The summed E-state index contributed by atoms with van der Waals surface area (Å²) in [5.74, 6) is -0.644. The first-order chi connectivity index (χ1) is 18.4. The quantitative estimate of drug-likeness (QED) is 0.447. The number of hydrazine groups is 1. The van der Waals surface area contributed by atoms with Gasteiger partial charge in [0.1, 0.15) is 12.1 Å². The Balaban J connectivity index is 1.67. The van der Waals surface area contributed by atoms with E-state index in [0.717, 1.165) is 22.2 Å². The molecule has 4 rings (SSSR count). The zero-order valence-corrected chi connectivity index (χ0v) is 23.9. The van der Waals surface area contributed by atoms with E-state index in [-0.39, 0.29) is 35.1 Å². The molecule has 2 aliphatic heterocycles. The minimum atomic E-state index is -0.738. The number of hydrogen-bond acceptors (Lipinski definition) is 6. The lowest BCUT2D eigenvalue weighted by Gasteiger charge is -2.35. The lowest BCUT2D eigenvalue weighted by molar-refractivity contribution is -0.143. The van der Waals surface area contributed by atoms with Crippen molar-refractivity contribution in [2.24, 2.45) is 11.3 Å². The van der Waals surface area contributed by atoms with Crippen LogP contribution in [0.25, 0.3) is 17.0 Å². The van der Waals surface area contributed by atoms with E-state index in [1.807, 2.05) is 45.0 Å². The maximum Gasteiger partial charge on any atom is 0.258 e. The van der Waals surface area contributed by atoms with Crippen molar-refractivity contribution in [1.29, 1.82) is 0 Å². The van der Waals surface area contributed by atoms with Crippen LogP contribution in [0.1, 0.15) is 71.7 Å². The molecule has 0 spiro atoms. The number of hydrogen-bond donors (Lipinski definition) is 4. The van der Waals surface area contributed by atoms with Crippen LogP contribution in [0.2, 0.25) is 0 Å². The predicted octanol–water partition coefficient (Wildman–Crippen LogP) is 3.08. The van der Waals surface area contributed by atoms with E-state index in [4.69, 9.17) is 4.98 Å². The Labute approximate surface area is 231 Å². The van der Waals surface area contributed by atoms with Gasteiger partial charge in [0.05, 0.1) is 23.3 Å². The minimum absolute atomic E-state index is 0.0256. The van der Waals surface area contributed by atoms with E-state index in [9.17, 15) is 14.4 Å². The van der Waals surface area contributed by atoms with Gasteiger partial charge in [-0.3, -0.25) is 24.4 Å². The van der Waals surface area contributed by atoms with E-state index in [0.29, 0.717) is 25.9 Å². The number of pyridine rings is 1. The second-order valence-corrected chi connectivity index (χ2v) is 11.9. The number of aromatic nitrogens is 1. The molecule has 0 radical (unpaired) electrons. The monoisotopic (exact) mass is 534 g/mol. The number of carbonyl (C=O) groups excluding carboxylic acids is 3. The maximum absolute atomic E-state index is 13.2. The molecule has 9 heteroatoms. The molecule has 1 saturated heterocycles. The summed E-state index contributed by atoms with van der Waals surface area (Å²) in [5, 5.41) is 11.9. The summed E-state index contributed by atoms with van der Waals surface area (Å²) in [4.78, 5) is 44.4. The van der Waals surface area contributed by atoms with E-state index in [1.54, 1.807) is 6.92 Å². The third-order valence-electron chi connectivity index (χ3n) is 7.49. The second kappa shape index (κ2) is 11.8. The van der Waals surface area contributed by atoms with Gasteiger partial charge in [0.15, 0.2) is 0 Å². The Bertz CT molecular complexity index is 1260. The highest BCUT2D eigenvalue weighted by Gasteiger charge is 2.33. The van der Waals surface area contributed by atoms with Gasteiger partial charge >= 0.3 is 0 Å². The van der Waals surface area contributed by atoms with Gasteiger partial charge in [-0.2, -0.15) is 0 Å². The van der Waals surface area contributed by atoms with Crippen LogP contribution in [0.3, 0.4) is 0 Å². The molecular formula is C30H42N6O3. The molecule has 0 aliphatic carbocycles. The first kappa shape index (κ1) is 28.7. The normalized spacial score (nSPS) is 27.8. The molecule has 3 heterocycles. The number of carbonyl (C=O) groups is 3. The Morgan fingerprint density at radius 1 is 1.00 bits per heavy atom. The minimum Gasteiger partial charge on any atom is -0.347 e. The van der Waals surface area contributed by atoms with Crippen molar-refractivity contribution in [2.75, 3.05) is 13.1 Å². The summed E-state index contributed by atoms with van der Waals surface area (Å²) < 4.78 is 0. The smallest absolute Gasteiger partial charge is 0.258 e. The molecule has 39 heavy (non-hydrogen) atoms. The van der Waals surface area contributed by atoms with Crippen LogP contribution in [0.5, 0.6) is 0 Å². The molecule has 210 valence electrons. The SMILES string of the molecule is CC(C)[C@@H]1NCC(C)(C)/C=C/c2ccc3ccc(nc3c2)[C@@H](C)NC(=O)[C@@H]2CCCN(N2)C(=O)[C@H](C)NC1=O. The van der Waals surface area contributed by atoms with E-state index in [1.165, 1.54) is 5.01 Å². The largest absolute Gasteiger partial charge is 0.347 e. The first-order valence-corrected chi connectivity index (χ1v) is 13.9. The molecule has 1 fully saturated rings. The average molecular weight is 535 g/mol. The van der Waals surface area contributed by atoms with Gasteiger partial charge in [-0.15, -0.1) is 0 Å². The molecule has 0 unspecified atom stereocenters. The van der Waals surface area contributed by atoms with Crippen LogP contribution in [0, 0.1) is 11.3 Å². The van der Waals surface area contributed by atoms with Gasteiger partial charge in [-0.1, -0.05) is 58.0 Å². The van der Waals surface area contributed by atoms with E-state index < -0.39 is 18.1 Å². The summed E-state index contributed by atoms with van der Waals surface area (Å²) in [6.45, 7) is 12.9. The molecule has 1 aromatic carbocycles. The van der Waals surface area contributed by atoms with Crippen molar-refractivity contribution in [3.05, 3.63) is 47.7 Å². The zero-order chi connectivity index (χ0) is 28.3. The van der Waals surface area contributed by atoms with Crippen molar-refractivity contribution in [3.8, 4) is 0 Å². The molecule has 2 aliphatic rings. The predicted molar refractivity (Wildman–Crippen MR) is 153 cm³/mol. The van der Waals surface area contributed by atoms with Gasteiger partial charge in [-0.05, 0) is 55.7 Å². The standard InChI is InChI=1S/C30H42N6O3/c1-18(2)26-28(38)33-20(4)29(39)36-15-7-8-24(35-36)27(37)32-19(3)23-12-11-22-10-9-21(16-25(22)34-23)13-14-30(5,6)17-31-26/h9-14,16,18-20,24,26,31,35H,7-8,15,17H2,1-6H3,(H,32,37)(H,33,38)/b14-13+/t19-,20+,24+,26+/m1/s1. The topological polar surface area (TPSA) is 115 Å². The highest BCUT2D eigenvalue weighted by atomic mass is 16.2. The van der Waals surface area contributed by atoms with Crippen molar-refractivity contribution in [2.45, 2.75) is 78.6 Å². The number of rotatable bonds is 1. The highest BCUT2D eigenvalue weighted by Crippen LogP contribution is 2.23. The summed E-state index contributed by atoms with van der Waals surface area (Å²) in [6.07, 6.45) is 5.51. The summed E-state index contributed by atoms with van der Waals surface area (Å²) in [5.41, 5.74) is 5.51. The van der Waals surface area contributed by atoms with Crippen molar-refractivity contribution in [1.82, 2.24) is 31.4 Å². The average Bonchev–Trinajstić information content (AvgIpc) is 2.90. The van der Waals surface area contributed by atoms with Crippen molar-refractivity contribution < 1.29 is 14.4 Å². The van der Waals surface area contributed by atoms with Gasteiger partial charge in [-0.25, -0.2) is 5.43 Å². The lowest BCUT2D eigenvalue weighted by Crippen LogP contribution is -2.61. The third-order valence-corrected chi connectivity index (χ3v) is 7.49. The lowest BCUT2D eigenvalue weighted by atomic mass is 9.90. The first-order valence-electron chi connectivity index (χ1n) is 13.9. The molecule has 5 bridgehead atoms. The summed E-state index contributed by atoms with van der Waals surface area (Å²) in [7, 11) is 0. The second-order valence-electron chi connectivity index (χ2n) is 11.9. The van der Waals surface area contributed by atoms with E-state index >= 15 is 0 Å². The fraction of sp³-hybridized carbons (Fsp3) is 0.533. The molecule has 1 aromatic heterocycles. The third kappa shape index (κ3) is 7.02. The molecule has 4 N–H and O–H groups in total. The molecule has 4 atom stereocenters. The number of benzene rings is 1. The van der Waals surface area contributed by atoms with Crippen LogP contribution in [0.15, 0.2) is 36.4 Å². The van der Waals surface area contributed by atoms with Gasteiger partial charge in [0.25, 0.3) is 5.91 Å². The van der Waals surface area contributed by atoms with Crippen LogP contribution in [-0.2, 0) is 14.4 Å². The Hall–Kier alpha value is -3.30. The van der Waals surface area contributed by atoms with Crippen LogP contribution >= 0.6 is 0 Å². The maximum atomic E-state index is 13.2. The fourth-order valence-electron chi connectivity index (χ4n) is 5.00. The van der Waals surface area contributed by atoms with Gasteiger partial charge < -0.3 is 16.0 Å². The van der Waals surface area contributed by atoms with Gasteiger partial charge in [0.2, 0.25) is 11.8 Å². The molecule has 2 aromatic rings. The molecule has 3 amide bonds. The zero-order valence-electron chi connectivity index (χ0n) is 23.9. The Kier molecular flexibility index (Phi) is 8.71. The summed E-state index contributed by atoms with van der Waals surface area (Å²) in [6, 6.07) is 8.07. The summed E-state index contributed by atoms with van der Waals surface area (Å²) >= 11 is 0. The number of fused-ring (bicyclic) bond motifs is 4. The molecule has 0 saturated carbocycles. The Morgan fingerprint density at radius 3 is 2.46 bits per heavy atom. The number of nitrogens with zero attached hydrogens (tertiary/aromatic N) is 2. The van der Waals surface area contributed by atoms with E-state index in [2.05, 4.69) is 53.4 Å². The number of amides is 3. The van der Waals surface area contributed by atoms with Crippen LogP contribution in [-0.4, -0.2) is 58.9 Å². The van der Waals surface area contributed by atoms with Crippen LogP contribution in [0.4, 0.5) is 0 Å². The number of nitrogens with one attached hydrogen (secondary N) is 4. The molecule has 9 nitrogen and oxygen atoms in total. The fourth-order valence-corrected chi connectivity index (χ4v) is 5.00. The van der Waals surface area contributed by atoms with Crippen molar-refractivity contribution in [3.63, 3.8) is 0 Å². The van der Waals surface area contributed by atoms with Gasteiger partial charge in [0, 0.05) is 18.5 Å².